The van der Waals surface area contributed by atoms with Crippen LogP contribution in [0.1, 0.15) is 57.9 Å². The quantitative estimate of drug-likeness (QED) is 0.166. The van der Waals surface area contributed by atoms with Crippen LogP contribution in [0.4, 0.5) is 22.7 Å². The lowest BCUT2D eigenvalue weighted by Gasteiger charge is -2.18. The molecule has 1 heterocycles. The van der Waals surface area contributed by atoms with E-state index >= 15 is 0 Å². The number of anilines is 4. The molecule has 43 heavy (non-hydrogen) atoms. The van der Waals surface area contributed by atoms with Gasteiger partial charge in [0.2, 0.25) is 5.91 Å². The summed E-state index contributed by atoms with van der Waals surface area (Å²) in [4.78, 5) is 19.3. The Bertz CT molecular complexity index is 1530. The number of aliphatic hydroxyl groups excluding tert-OH is 1. The minimum Gasteiger partial charge on any atom is -0.492 e. The molecule has 1 atom stereocenters. The van der Waals surface area contributed by atoms with Gasteiger partial charge in [-0.05, 0) is 95.6 Å². The van der Waals surface area contributed by atoms with Crippen LogP contribution in [0.5, 0.6) is 5.75 Å². The number of hydrogen-bond acceptors (Lipinski definition) is 8. The van der Waals surface area contributed by atoms with Crippen molar-refractivity contribution in [3.05, 3.63) is 58.3 Å². The Hall–Kier alpha value is -3.84. The van der Waals surface area contributed by atoms with Crippen LogP contribution >= 0.6 is 11.6 Å². The second kappa shape index (κ2) is 15.1. The number of aromatic nitrogens is 1. The first kappa shape index (κ1) is 32.1. The number of rotatable bonds is 12. The maximum atomic E-state index is 12.8. The van der Waals surface area contributed by atoms with E-state index in [1.807, 2.05) is 51.0 Å². The summed E-state index contributed by atoms with van der Waals surface area (Å²) in [6.45, 7) is 5.74. The van der Waals surface area contributed by atoms with Gasteiger partial charge in [-0.15, -0.1) is 0 Å². The number of nitriles is 1. The van der Waals surface area contributed by atoms with Crippen LogP contribution in [0.25, 0.3) is 10.9 Å². The van der Waals surface area contributed by atoms with Crippen molar-refractivity contribution < 1.29 is 14.6 Å². The molecule has 0 fully saturated rings. The van der Waals surface area contributed by atoms with Gasteiger partial charge in [0, 0.05) is 36.3 Å². The van der Waals surface area contributed by atoms with E-state index in [2.05, 4.69) is 27.0 Å². The number of ether oxygens (including phenoxy) is 1. The van der Waals surface area contributed by atoms with E-state index in [1.165, 1.54) is 11.8 Å². The predicted molar refractivity (Wildman–Crippen MR) is 174 cm³/mol. The van der Waals surface area contributed by atoms with Crippen LogP contribution in [-0.4, -0.2) is 60.8 Å². The van der Waals surface area contributed by atoms with Crippen molar-refractivity contribution in [2.75, 3.05) is 49.7 Å². The highest BCUT2D eigenvalue weighted by molar-refractivity contribution is 6.33. The highest BCUT2D eigenvalue weighted by atomic mass is 35.5. The number of carbonyl (C=O) groups is 1. The summed E-state index contributed by atoms with van der Waals surface area (Å²) in [5.74, 6) is 0.407. The predicted octanol–water partition coefficient (Wildman–Crippen LogP) is 6.85. The Labute approximate surface area is 258 Å². The van der Waals surface area contributed by atoms with Crippen molar-refractivity contribution in [3.8, 4) is 11.8 Å². The molecule has 4 rings (SSSR count). The third-order valence-corrected chi connectivity index (χ3v) is 7.98. The second-order valence-electron chi connectivity index (χ2n) is 11.1. The van der Waals surface area contributed by atoms with Crippen molar-refractivity contribution in [2.24, 2.45) is 0 Å². The maximum Gasteiger partial charge on any atom is 0.224 e. The second-order valence-corrected chi connectivity index (χ2v) is 11.5. The molecule has 0 spiro atoms. The largest absolute Gasteiger partial charge is 0.492 e. The standard InChI is InChI=1S/C33H41ClN6O3/c1-5-43-31-17-28-25(16-29(31)39-32(42)11-8-14-40(3)4)33(23(18-35)20-37-28)38-24-12-13-27(26(34)15-24)36-19-22-9-6-7-10-30(41)21(22)2/h12-13,15-17,20,30,36,41H,5-11,14,19H2,1-4H3,(H,37,38)(H,39,42). The molecule has 1 aromatic heterocycles. The van der Waals surface area contributed by atoms with Crippen LogP contribution in [0.3, 0.4) is 0 Å². The molecule has 4 N–H and O–H groups in total. The van der Waals surface area contributed by atoms with Gasteiger partial charge >= 0.3 is 0 Å². The smallest absolute Gasteiger partial charge is 0.224 e. The van der Waals surface area contributed by atoms with Gasteiger partial charge in [0.15, 0.2) is 0 Å². The van der Waals surface area contributed by atoms with Crippen LogP contribution in [0.2, 0.25) is 5.02 Å². The minimum absolute atomic E-state index is 0.111. The van der Waals surface area contributed by atoms with Gasteiger partial charge in [-0.2, -0.15) is 5.26 Å². The molecule has 0 radical (unpaired) electrons. The molecule has 1 amide bonds. The monoisotopic (exact) mass is 604 g/mol. The SMILES string of the molecule is CCOc1cc2ncc(C#N)c(Nc3ccc(NCC4=C(C)C(O)CCCC4)c(Cl)c3)c2cc1NC(=O)CCCN(C)C. The van der Waals surface area contributed by atoms with Crippen molar-refractivity contribution in [1.82, 2.24) is 9.88 Å². The first-order chi connectivity index (χ1) is 20.7. The van der Waals surface area contributed by atoms with Gasteiger partial charge in [-0.1, -0.05) is 18.0 Å². The van der Waals surface area contributed by atoms with E-state index in [0.717, 1.165) is 49.9 Å². The summed E-state index contributed by atoms with van der Waals surface area (Å²) in [5.41, 5.74) is 5.80. The third kappa shape index (κ3) is 8.38. The van der Waals surface area contributed by atoms with Crippen LogP contribution in [-0.2, 0) is 4.79 Å². The average molecular weight is 605 g/mol. The molecule has 0 saturated heterocycles. The molecule has 1 unspecified atom stereocenters. The zero-order chi connectivity index (χ0) is 30.9. The van der Waals surface area contributed by atoms with E-state index in [4.69, 9.17) is 16.3 Å². The van der Waals surface area contributed by atoms with Gasteiger partial charge in [-0.3, -0.25) is 9.78 Å². The maximum absolute atomic E-state index is 12.8. The van der Waals surface area contributed by atoms with Crippen molar-refractivity contribution in [1.29, 1.82) is 5.26 Å². The lowest BCUT2D eigenvalue weighted by atomic mass is 10.0. The van der Waals surface area contributed by atoms with E-state index in [0.29, 0.717) is 63.9 Å². The first-order valence-electron chi connectivity index (χ1n) is 14.8. The van der Waals surface area contributed by atoms with Crippen LogP contribution in [0.15, 0.2) is 47.7 Å². The number of amides is 1. The van der Waals surface area contributed by atoms with Gasteiger partial charge in [-0.25, -0.2) is 0 Å². The topological polar surface area (TPSA) is 123 Å². The fourth-order valence-electron chi connectivity index (χ4n) is 5.22. The Morgan fingerprint density at radius 1 is 1.23 bits per heavy atom. The lowest BCUT2D eigenvalue weighted by Crippen LogP contribution is -2.17. The number of hydrogen-bond donors (Lipinski definition) is 4. The summed E-state index contributed by atoms with van der Waals surface area (Å²) in [7, 11) is 3.95. The highest BCUT2D eigenvalue weighted by Gasteiger charge is 2.18. The number of aliphatic hydroxyl groups is 1. The van der Waals surface area contributed by atoms with E-state index < -0.39 is 0 Å². The molecular weight excluding hydrogens is 564 g/mol. The molecule has 2 aromatic carbocycles. The number of carbonyl (C=O) groups excluding carboxylic acids is 1. The molecule has 0 aliphatic heterocycles. The molecule has 0 bridgehead atoms. The fourth-order valence-corrected chi connectivity index (χ4v) is 5.46. The molecule has 1 aliphatic rings. The lowest BCUT2D eigenvalue weighted by molar-refractivity contribution is -0.116. The molecule has 3 aromatic rings. The van der Waals surface area contributed by atoms with Gasteiger partial charge in [0.05, 0.1) is 45.9 Å². The molecule has 0 saturated carbocycles. The van der Waals surface area contributed by atoms with E-state index in [9.17, 15) is 15.2 Å². The Balaban J connectivity index is 1.60. The third-order valence-electron chi connectivity index (χ3n) is 7.67. The normalized spacial score (nSPS) is 15.3. The van der Waals surface area contributed by atoms with Gasteiger partial charge in [0.1, 0.15) is 11.8 Å². The molecule has 228 valence electrons. The zero-order valence-electron chi connectivity index (χ0n) is 25.4. The van der Waals surface area contributed by atoms with E-state index in [1.54, 1.807) is 12.1 Å². The van der Waals surface area contributed by atoms with Crippen LogP contribution in [0, 0.1) is 11.3 Å². The Morgan fingerprint density at radius 2 is 2.05 bits per heavy atom. The summed E-state index contributed by atoms with van der Waals surface area (Å²) in [5, 5.41) is 31.2. The number of fused-ring (bicyclic) bond motifs is 1. The van der Waals surface area contributed by atoms with Gasteiger partial charge in [0.25, 0.3) is 0 Å². The average Bonchev–Trinajstić information content (AvgIpc) is 3.13. The molecule has 9 nitrogen and oxygen atoms in total. The van der Waals surface area contributed by atoms with E-state index in [-0.39, 0.29) is 12.0 Å². The summed E-state index contributed by atoms with van der Waals surface area (Å²) in [6.07, 6.45) is 6.10. The van der Waals surface area contributed by atoms with Crippen molar-refractivity contribution >= 4 is 51.2 Å². The number of halogens is 1. The zero-order valence-corrected chi connectivity index (χ0v) is 26.1. The number of nitrogens with one attached hydrogen (secondary N) is 3. The minimum atomic E-state index is -0.382. The summed E-state index contributed by atoms with van der Waals surface area (Å²) in [6, 6.07) is 11.4. The molecule has 10 heteroatoms. The molecule has 1 aliphatic carbocycles. The van der Waals surface area contributed by atoms with Gasteiger partial charge < -0.3 is 30.7 Å². The number of benzene rings is 2. The van der Waals surface area contributed by atoms with Crippen molar-refractivity contribution in [2.45, 2.75) is 58.5 Å². The Kier molecular flexibility index (Phi) is 11.2. The first-order valence-corrected chi connectivity index (χ1v) is 15.2. The summed E-state index contributed by atoms with van der Waals surface area (Å²) >= 11 is 6.69. The number of pyridine rings is 1. The highest BCUT2D eigenvalue weighted by Crippen LogP contribution is 2.37. The number of nitrogens with zero attached hydrogens (tertiary/aromatic N) is 3. The van der Waals surface area contributed by atoms with Crippen molar-refractivity contribution in [3.63, 3.8) is 0 Å². The Morgan fingerprint density at radius 3 is 2.77 bits per heavy atom. The summed E-state index contributed by atoms with van der Waals surface area (Å²) < 4.78 is 5.83. The van der Waals surface area contributed by atoms with Crippen LogP contribution < -0.4 is 20.7 Å². The fraction of sp³-hybridized carbons (Fsp3) is 0.424. The molecular formula is C33H41ClN6O3.